The Labute approximate surface area is 188 Å². The summed E-state index contributed by atoms with van der Waals surface area (Å²) in [6, 6.07) is 6.95. The zero-order valence-corrected chi connectivity index (χ0v) is 18.6. The van der Waals surface area contributed by atoms with E-state index in [0.29, 0.717) is 11.2 Å². The summed E-state index contributed by atoms with van der Waals surface area (Å²) in [6.07, 6.45) is 6.10. The largest absolute Gasteiger partial charge is 0.508 e. The number of unbranched alkanes of at least 4 members (excludes halogenated alkanes) is 1. The van der Waals surface area contributed by atoms with Crippen LogP contribution in [0.5, 0.6) is 5.75 Å². The number of aliphatic carboxylic acids is 2. The molecule has 32 heavy (non-hydrogen) atoms. The van der Waals surface area contributed by atoms with Crippen LogP contribution in [-0.4, -0.2) is 73.7 Å². The van der Waals surface area contributed by atoms with Crippen LogP contribution in [0.2, 0.25) is 0 Å². The van der Waals surface area contributed by atoms with Gasteiger partial charge in [-0.2, -0.15) is 0 Å². The fourth-order valence-electron chi connectivity index (χ4n) is 5.98. The predicted octanol–water partition coefficient (Wildman–Crippen LogP) is 2.13. The molecule has 5 N–H and O–H groups in total. The molecule has 3 aliphatic rings. The van der Waals surface area contributed by atoms with Crippen LogP contribution in [0.1, 0.15) is 63.0 Å². The molecule has 1 heterocycles. The lowest BCUT2D eigenvalue weighted by Gasteiger charge is -2.59. The van der Waals surface area contributed by atoms with Gasteiger partial charge in [-0.05, 0) is 74.4 Å². The van der Waals surface area contributed by atoms with Gasteiger partial charge in [0.05, 0.1) is 0 Å². The highest BCUT2D eigenvalue weighted by Gasteiger charge is 2.53. The molecule has 178 valence electrons. The van der Waals surface area contributed by atoms with E-state index in [2.05, 4.69) is 24.0 Å². The third-order valence-corrected chi connectivity index (χ3v) is 7.54. The maximum Gasteiger partial charge on any atom is 0.335 e. The lowest BCUT2D eigenvalue weighted by Crippen LogP contribution is -2.60. The molecule has 1 aromatic carbocycles. The number of phenols is 1. The molecular weight excluding hydrogens is 414 g/mol. The number of hydrogen-bond acceptors (Lipinski definition) is 6. The number of fused-ring (bicyclic) bond motifs is 1. The van der Waals surface area contributed by atoms with Crippen LogP contribution in [-0.2, 0) is 21.4 Å². The number of aliphatic hydroxyl groups is 2. The summed E-state index contributed by atoms with van der Waals surface area (Å²) in [5.41, 5.74) is 3.39. The smallest absolute Gasteiger partial charge is 0.335 e. The van der Waals surface area contributed by atoms with E-state index >= 15 is 0 Å². The molecule has 1 saturated carbocycles. The number of aliphatic hydroxyl groups excluding tert-OH is 2. The maximum absolute atomic E-state index is 10.0. The van der Waals surface area contributed by atoms with Crippen molar-refractivity contribution in [1.82, 2.24) is 4.90 Å². The zero-order valence-electron chi connectivity index (χ0n) is 18.6. The highest BCUT2D eigenvalue weighted by Crippen LogP contribution is 2.56. The lowest BCUT2D eigenvalue weighted by atomic mass is 9.52. The number of carbonyl (C=O) groups is 2. The predicted molar refractivity (Wildman–Crippen MR) is 118 cm³/mol. The molecule has 1 aromatic rings. The SMILES string of the molecule is CCCCN1CC[C@@]23CCCC[C@H]2[C@@H]1Cc1ccc(O)cc13.O=C(O)[C@H](O)[C@@H](O)C(=O)O. The van der Waals surface area contributed by atoms with Gasteiger partial charge in [0.2, 0.25) is 0 Å². The van der Waals surface area contributed by atoms with Gasteiger partial charge in [-0.3, -0.25) is 4.90 Å². The first kappa shape index (κ1) is 24.5. The standard InChI is InChI=1S/C20H29NO.C4H6O6/c1-2-3-11-21-12-10-20-9-5-4-6-17(20)19(21)13-15-7-8-16(22)14-18(15)20;5-1(3(7)8)2(6)4(9)10/h7-8,14,17,19,22H,2-6,9-13H2,1H3;1-2,5-6H,(H,7,8)(H,9,10)/t17-,19-,20-;1-,2-/m01/s1. The van der Waals surface area contributed by atoms with Crippen molar-refractivity contribution in [3.8, 4) is 5.75 Å². The Morgan fingerprint density at radius 2 is 1.81 bits per heavy atom. The van der Waals surface area contributed by atoms with Crippen LogP contribution in [0.25, 0.3) is 0 Å². The Morgan fingerprint density at radius 3 is 2.44 bits per heavy atom. The average molecular weight is 450 g/mol. The molecule has 2 bridgehead atoms. The quantitative estimate of drug-likeness (QED) is 0.445. The van der Waals surface area contributed by atoms with E-state index in [1.165, 1.54) is 75.6 Å². The summed E-state index contributed by atoms with van der Waals surface area (Å²) in [5, 5.41) is 42.6. The molecule has 2 fully saturated rings. The number of aromatic hydroxyl groups is 1. The number of likely N-dealkylation sites (tertiary alicyclic amines) is 1. The van der Waals surface area contributed by atoms with Gasteiger partial charge in [-0.25, -0.2) is 9.59 Å². The highest BCUT2D eigenvalue weighted by atomic mass is 16.4. The first-order chi connectivity index (χ1) is 15.2. The molecule has 0 unspecified atom stereocenters. The van der Waals surface area contributed by atoms with Gasteiger partial charge >= 0.3 is 11.9 Å². The second-order valence-corrected chi connectivity index (χ2v) is 9.33. The van der Waals surface area contributed by atoms with Crippen molar-refractivity contribution in [3.63, 3.8) is 0 Å². The number of carboxylic acids is 2. The minimum atomic E-state index is -2.27. The first-order valence-corrected chi connectivity index (χ1v) is 11.6. The van der Waals surface area contributed by atoms with Gasteiger partial charge in [-0.15, -0.1) is 0 Å². The molecule has 0 radical (unpaired) electrons. The Morgan fingerprint density at radius 1 is 1.12 bits per heavy atom. The summed E-state index contributed by atoms with van der Waals surface area (Å²) < 4.78 is 0. The van der Waals surface area contributed by atoms with Gasteiger partial charge in [0, 0.05) is 11.5 Å². The fraction of sp³-hybridized carbons (Fsp3) is 0.667. The molecule has 1 aliphatic heterocycles. The second kappa shape index (κ2) is 10.2. The third-order valence-electron chi connectivity index (χ3n) is 7.54. The van der Waals surface area contributed by atoms with E-state index in [1.807, 2.05) is 6.07 Å². The summed E-state index contributed by atoms with van der Waals surface area (Å²) in [7, 11) is 0. The van der Waals surface area contributed by atoms with E-state index in [4.69, 9.17) is 20.4 Å². The second-order valence-electron chi connectivity index (χ2n) is 9.33. The maximum atomic E-state index is 10.0. The van der Waals surface area contributed by atoms with Crippen molar-refractivity contribution in [3.05, 3.63) is 29.3 Å². The van der Waals surface area contributed by atoms with Crippen LogP contribution < -0.4 is 0 Å². The van der Waals surface area contributed by atoms with Crippen molar-refractivity contribution in [1.29, 1.82) is 0 Å². The van der Waals surface area contributed by atoms with Crippen LogP contribution >= 0.6 is 0 Å². The first-order valence-electron chi connectivity index (χ1n) is 11.6. The average Bonchev–Trinajstić information content (AvgIpc) is 2.78. The molecule has 0 amide bonds. The number of piperidine rings is 1. The fourth-order valence-corrected chi connectivity index (χ4v) is 5.98. The Balaban J connectivity index is 0.000000247. The van der Waals surface area contributed by atoms with Gasteiger partial charge < -0.3 is 25.5 Å². The molecule has 1 saturated heterocycles. The summed E-state index contributed by atoms with van der Waals surface area (Å²) in [5.74, 6) is -2.25. The summed E-state index contributed by atoms with van der Waals surface area (Å²) in [6.45, 7) is 4.84. The van der Waals surface area contributed by atoms with E-state index in [9.17, 15) is 14.7 Å². The van der Waals surface area contributed by atoms with Gasteiger partial charge in [-0.1, -0.05) is 32.3 Å². The van der Waals surface area contributed by atoms with E-state index < -0.39 is 24.1 Å². The highest BCUT2D eigenvalue weighted by molar-refractivity contribution is 5.83. The molecule has 0 spiro atoms. The number of nitrogens with zero attached hydrogens (tertiary/aromatic N) is 1. The minimum Gasteiger partial charge on any atom is -0.508 e. The zero-order chi connectivity index (χ0) is 23.5. The Hall–Kier alpha value is -2.16. The van der Waals surface area contributed by atoms with E-state index in [0.717, 1.165) is 12.0 Å². The van der Waals surface area contributed by atoms with Crippen LogP contribution in [0.3, 0.4) is 0 Å². The molecule has 8 nitrogen and oxygen atoms in total. The number of benzene rings is 1. The Kier molecular flexibility index (Phi) is 7.79. The van der Waals surface area contributed by atoms with Gasteiger partial charge in [0.1, 0.15) is 5.75 Å². The lowest BCUT2D eigenvalue weighted by molar-refractivity contribution is -0.165. The van der Waals surface area contributed by atoms with E-state index in [1.54, 1.807) is 0 Å². The molecular formula is C24H35NO7. The summed E-state index contributed by atoms with van der Waals surface area (Å²) >= 11 is 0. The van der Waals surface area contributed by atoms with E-state index in [-0.39, 0.29) is 0 Å². The van der Waals surface area contributed by atoms with Gasteiger partial charge in [0.15, 0.2) is 12.2 Å². The number of hydrogen-bond donors (Lipinski definition) is 5. The van der Waals surface area contributed by atoms with Crippen LogP contribution in [0.15, 0.2) is 18.2 Å². The van der Waals surface area contributed by atoms with Crippen molar-refractivity contribution in [2.45, 2.75) is 82.0 Å². The monoisotopic (exact) mass is 449 g/mol. The Bertz CT molecular complexity index is 811. The molecule has 8 heteroatoms. The topological polar surface area (TPSA) is 139 Å². The minimum absolute atomic E-state index is 0.373. The van der Waals surface area contributed by atoms with Crippen LogP contribution in [0, 0.1) is 5.92 Å². The van der Waals surface area contributed by atoms with Crippen molar-refractivity contribution < 1.29 is 35.1 Å². The van der Waals surface area contributed by atoms with Crippen molar-refractivity contribution in [2.75, 3.05) is 13.1 Å². The molecule has 5 atom stereocenters. The third kappa shape index (κ3) is 4.77. The number of phenolic OH excluding ortho intramolecular Hbond substituents is 1. The van der Waals surface area contributed by atoms with Crippen molar-refractivity contribution in [2.24, 2.45) is 5.92 Å². The normalized spacial score (nSPS) is 28.3. The molecule has 4 rings (SSSR count). The summed E-state index contributed by atoms with van der Waals surface area (Å²) in [4.78, 5) is 22.3. The number of rotatable bonds is 6. The van der Waals surface area contributed by atoms with Gasteiger partial charge in [0.25, 0.3) is 0 Å². The molecule has 2 aliphatic carbocycles. The van der Waals surface area contributed by atoms with Crippen LogP contribution in [0.4, 0.5) is 0 Å². The number of carboxylic acid groups (broad SMARTS) is 2. The van der Waals surface area contributed by atoms with Crippen molar-refractivity contribution >= 4 is 11.9 Å². The molecule has 0 aromatic heterocycles.